The van der Waals surface area contributed by atoms with Crippen LogP contribution < -0.4 is 5.32 Å². The van der Waals surface area contributed by atoms with Crippen LogP contribution in [0.25, 0.3) is 0 Å². The van der Waals surface area contributed by atoms with Gasteiger partial charge in [0.1, 0.15) is 0 Å². The molecular formula is C16H36N2O2. The maximum atomic E-state index is 9.78. The molecule has 0 radical (unpaired) electrons. The molecule has 0 bridgehead atoms. The molecule has 0 aliphatic carbocycles. The van der Waals surface area contributed by atoms with Crippen molar-refractivity contribution >= 4 is 0 Å². The van der Waals surface area contributed by atoms with Gasteiger partial charge in [0.15, 0.2) is 0 Å². The van der Waals surface area contributed by atoms with Crippen molar-refractivity contribution in [2.75, 3.05) is 39.9 Å². The van der Waals surface area contributed by atoms with E-state index in [4.69, 9.17) is 4.74 Å². The summed E-state index contributed by atoms with van der Waals surface area (Å²) in [5.74, 6) is 0.729. The number of nitrogens with one attached hydrogen (secondary N) is 1. The molecule has 0 aliphatic heterocycles. The maximum absolute atomic E-state index is 9.78. The number of aliphatic hydroxyl groups excluding tert-OH is 1. The lowest BCUT2D eigenvalue weighted by Gasteiger charge is -2.23. The van der Waals surface area contributed by atoms with Gasteiger partial charge in [0.05, 0.1) is 12.7 Å². The second kappa shape index (κ2) is 12.6. The van der Waals surface area contributed by atoms with Gasteiger partial charge in [-0.05, 0) is 39.2 Å². The molecule has 20 heavy (non-hydrogen) atoms. The lowest BCUT2D eigenvalue weighted by Crippen LogP contribution is -2.38. The summed E-state index contributed by atoms with van der Waals surface area (Å²) in [7, 11) is 2.14. The van der Waals surface area contributed by atoms with Gasteiger partial charge in [0.25, 0.3) is 0 Å². The highest BCUT2D eigenvalue weighted by Crippen LogP contribution is 2.03. The zero-order chi connectivity index (χ0) is 15.4. The van der Waals surface area contributed by atoms with Crippen molar-refractivity contribution in [3.63, 3.8) is 0 Å². The summed E-state index contributed by atoms with van der Waals surface area (Å²) in [6.45, 7) is 12.6. The van der Waals surface area contributed by atoms with Gasteiger partial charge in [0, 0.05) is 32.3 Å². The summed E-state index contributed by atoms with van der Waals surface area (Å²) in [6, 6.07) is 0.617. The molecule has 4 nitrogen and oxygen atoms in total. The highest BCUT2D eigenvalue weighted by Gasteiger charge is 2.07. The van der Waals surface area contributed by atoms with Crippen molar-refractivity contribution in [3.05, 3.63) is 0 Å². The zero-order valence-electron chi connectivity index (χ0n) is 14.2. The van der Waals surface area contributed by atoms with Crippen molar-refractivity contribution in [2.24, 2.45) is 5.92 Å². The minimum Gasteiger partial charge on any atom is -0.389 e. The first-order chi connectivity index (χ1) is 9.47. The molecule has 0 saturated carbocycles. The van der Waals surface area contributed by atoms with E-state index in [1.54, 1.807) is 0 Å². The van der Waals surface area contributed by atoms with Crippen molar-refractivity contribution in [3.8, 4) is 0 Å². The summed E-state index contributed by atoms with van der Waals surface area (Å²) in [6.07, 6.45) is 3.04. The summed E-state index contributed by atoms with van der Waals surface area (Å²) >= 11 is 0. The Kier molecular flexibility index (Phi) is 12.5. The summed E-state index contributed by atoms with van der Waals surface area (Å²) in [5, 5.41) is 13.1. The van der Waals surface area contributed by atoms with Gasteiger partial charge in [-0.1, -0.05) is 20.8 Å². The van der Waals surface area contributed by atoms with Gasteiger partial charge in [-0.3, -0.25) is 0 Å². The molecule has 4 heteroatoms. The third-order valence-corrected chi connectivity index (χ3v) is 3.74. The Hall–Kier alpha value is -0.160. The number of likely N-dealkylation sites (N-methyl/N-ethyl adjacent to an activating group) is 1. The minimum absolute atomic E-state index is 0.400. The fraction of sp³-hybridized carbons (Fsp3) is 1.00. The Morgan fingerprint density at radius 3 is 2.55 bits per heavy atom. The predicted octanol–water partition coefficient (Wildman–Crippen LogP) is 2.12. The Labute approximate surface area is 125 Å². The second-order valence-corrected chi connectivity index (χ2v) is 6.21. The van der Waals surface area contributed by atoms with E-state index in [0.717, 1.165) is 32.0 Å². The highest BCUT2D eigenvalue weighted by atomic mass is 16.5. The van der Waals surface area contributed by atoms with E-state index in [0.29, 0.717) is 19.2 Å². The first kappa shape index (κ1) is 19.8. The number of ether oxygens (including phenoxy) is 1. The Bertz CT molecular complexity index is 213. The SMILES string of the molecule is CCC(C)N(C)CCNCC(O)COCCCC(C)C. The zero-order valence-corrected chi connectivity index (χ0v) is 14.2. The normalized spacial score (nSPS) is 15.0. The van der Waals surface area contributed by atoms with Gasteiger partial charge < -0.3 is 20.1 Å². The van der Waals surface area contributed by atoms with Gasteiger partial charge in [-0.15, -0.1) is 0 Å². The van der Waals surface area contributed by atoms with Crippen molar-refractivity contribution in [1.29, 1.82) is 0 Å². The molecule has 0 aromatic heterocycles. The lowest BCUT2D eigenvalue weighted by molar-refractivity contribution is 0.0345. The average Bonchev–Trinajstić information content (AvgIpc) is 2.41. The molecule has 0 aliphatic rings. The number of aliphatic hydroxyl groups is 1. The largest absolute Gasteiger partial charge is 0.389 e. The Balaban J connectivity index is 3.38. The number of hydrogen-bond donors (Lipinski definition) is 2. The van der Waals surface area contributed by atoms with Crippen molar-refractivity contribution in [1.82, 2.24) is 10.2 Å². The first-order valence-electron chi connectivity index (χ1n) is 8.14. The molecular weight excluding hydrogens is 252 g/mol. The minimum atomic E-state index is -0.400. The topological polar surface area (TPSA) is 44.7 Å². The lowest BCUT2D eigenvalue weighted by atomic mass is 10.1. The number of rotatable bonds is 13. The van der Waals surface area contributed by atoms with Gasteiger partial charge in [-0.2, -0.15) is 0 Å². The van der Waals surface area contributed by atoms with Gasteiger partial charge >= 0.3 is 0 Å². The first-order valence-corrected chi connectivity index (χ1v) is 8.14. The Morgan fingerprint density at radius 2 is 1.95 bits per heavy atom. The quantitative estimate of drug-likeness (QED) is 0.510. The molecule has 2 unspecified atom stereocenters. The van der Waals surface area contributed by atoms with E-state index < -0.39 is 6.10 Å². The van der Waals surface area contributed by atoms with Crippen molar-refractivity contribution < 1.29 is 9.84 Å². The van der Waals surface area contributed by atoms with Crippen LogP contribution in [0.4, 0.5) is 0 Å². The van der Waals surface area contributed by atoms with Crippen LogP contribution in [0.5, 0.6) is 0 Å². The van der Waals surface area contributed by atoms with Crippen LogP contribution in [0, 0.1) is 5.92 Å². The van der Waals surface area contributed by atoms with Crippen LogP contribution in [0.1, 0.15) is 47.0 Å². The van der Waals surface area contributed by atoms with E-state index >= 15 is 0 Å². The number of hydrogen-bond acceptors (Lipinski definition) is 4. The van der Waals surface area contributed by atoms with Crippen LogP contribution in [-0.4, -0.2) is 62.0 Å². The maximum Gasteiger partial charge on any atom is 0.0897 e. The predicted molar refractivity (Wildman–Crippen MR) is 86.2 cm³/mol. The van der Waals surface area contributed by atoms with Crippen LogP contribution >= 0.6 is 0 Å². The molecule has 122 valence electrons. The van der Waals surface area contributed by atoms with Crippen molar-refractivity contribution in [2.45, 2.75) is 59.1 Å². The number of nitrogens with zero attached hydrogens (tertiary/aromatic N) is 1. The third-order valence-electron chi connectivity index (χ3n) is 3.74. The van der Waals surface area contributed by atoms with E-state index in [-0.39, 0.29) is 0 Å². The molecule has 0 aromatic rings. The molecule has 2 N–H and O–H groups in total. The van der Waals surface area contributed by atoms with Crippen LogP contribution in [0.2, 0.25) is 0 Å². The van der Waals surface area contributed by atoms with E-state index in [9.17, 15) is 5.11 Å². The molecule has 0 amide bonds. The smallest absolute Gasteiger partial charge is 0.0897 e. The summed E-state index contributed by atoms with van der Waals surface area (Å²) < 4.78 is 5.48. The molecule has 0 aromatic carbocycles. The fourth-order valence-electron chi connectivity index (χ4n) is 1.93. The molecule has 0 rings (SSSR count). The van der Waals surface area contributed by atoms with Gasteiger partial charge in [0.2, 0.25) is 0 Å². The second-order valence-electron chi connectivity index (χ2n) is 6.21. The summed E-state index contributed by atoms with van der Waals surface area (Å²) in [4.78, 5) is 2.34. The fourth-order valence-corrected chi connectivity index (χ4v) is 1.93. The molecule has 0 spiro atoms. The average molecular weight is 288 g/mol. The van der Waals surface area contributed by atoms with Crippen LogP contribution in [0.3, 0.4) is 0 Å². The van der Waals surface area contributed by atoms with Crippen LogP contribution in [-0.2, 0) is 4.74 Å². The molecule has 0 heterocycles. The molecule has 0 saturated heterocycles. The third kappa shape index (κ3) is 11.6. The monoisotopic (exact) mass is 288 g/mol. The summed E-state index contributed by atoms with van der Waals surface area (Å²) in [5.41, 5.74) is 0. The molecule has 0 fully saturated rings. The van der Waals surface area contributed by atoms with E-state index in [1.165, 1.54) is 12.8 Å². The highest BCUT2D eigenvalue weighted by molar-refractivity contribution is 4.64. The van der Waals surface area contributed by atoms with E-state index in [1.807, 2.05) is 0 Å². The Morgan fingerprint density at radius 1 is 1.25 bits per heavy atom. The molecule has 2 atom stereocenters. The van der Waals surface area contributed by atoms with Crippen LogP contribution in [0.15, 0.2) is 0 Å². The van der Waals surface area contributed by atoms with Gasteiger partial charge in [-0.25, -0.2) is 0 Å². The van der Waals surface area contributed by atoms with E-state index in [2.05, 4.69) is 45.0 Å². The standard InChI is InChI=1S/C16H36N2O2/c1-6-15(4)18(5)10-9-17-12-16(19)13-20-11-7-8-14(2)3/h14-17,19H,6-13H2,1-5H3.